The second-order valence-corrected chi connectivity index (χ2v) is 5.21. The van der Waals surface area contributed by atoms with Crippen LogP contribution in [0.3, 0.4) is 0 Å². The van der Waals surface area contributed by atoms with Crippen LogP contribution in [0.15, 0.2) is 30.3 Å². The molecule has 1 aliphatic rings. The first-order valence-electron chi connectivity index (χ1n) is 8.20. The van der Waals surface area contributed by atoms with E-state index in [1.165, 1.54) is 5.56 Å². The van der Waals surface area contributed by atoms with Gasteiger partial charge in [-0.15, -0.1) is 0 Å². The Morgan fingerprint density at radius 1 is 1.19 bits per heavy atom. The quantitative estimate of drug-likeness (QED) is 0.771. The van der Waals surface area contributed by atoms with E-state index in [-0.39, 0.29) is 5.97 Å². The van der Waals surface area contributed by atoms with Gasteiger partial charge in [0.2, 0.25) is 0 Å². The van der Waals surface area contributed by atoms with Crippen LogP contribution in [-0.4, -0.2) is 30.6 Å². The lowest BCUT2D eigenvalue weighted by Crippen LogP contribution is -2.34. The van der Waals surface area contributed by atoms with Crippen LogP contribution in [0.2, 0.25) is 0 Å². The van der Waals surface area contributed by atoms with E-state index >= 15 is 0 Å². The molecule has 0 atom stereocenters. The van der Waals surface area contributed by atoms with Crippen LogP contribution >= 0.6 is 0 Å². The molecule has 118 valence electrons. The number of hydrogen-bond acceptors (Lipinski definition) is 3. The van der Waals surface area contributed by atoms with Gasteiger partial charge < -0.3 is 4.74 Å². The van der Waals surface area contributed by atoms with Gasteiger partial charge in [-0.1, -0.05) is 44.2 Å². The van der Waals surface area contributed by atoms with Crippen LogP contribution in [0, 0.1) is 5.92 Å². The molecule has 1 aliphatic heterocycles. The summed E-state index contributed by atoms with van der Waals surface area (Å²) in [4.78, 5) is 13.9. The van der Waals surface area contributed by atoms with E-state index in [1.807, 2.05) is 20.8 Å². The third kappa shape index (κ3) is 6.76. The number of rotatable bonds is 5. The second kappa shape index (κ2) is 10.4. The molecule has 1 aromatic rings. The molecule has 0 spiro atoms. The zero-order chi connectivity index (χ0) is 15.5. The lowest BCUT2D eigenvalue weighted by Gasteiger charge is -2.31. The van der Waals surface area contributed by atoms with Crippen molar-refractivity contribution in [1.29, 1.82) is 0 Å². The van der Waals surface area contributed by atoms with Crippen molar-refractivity contribution >= 4 is 5.97 Å². The molecule has 3 nitrogen and oxygen atoms in total. The van der Waals surface area contributed by atoms with Crippen molar-refractivity contribution in [2.75, 3.05) is 19.7 Å². The third-order valence-electron chi connectivity index (χ3n) is 3.72. The lowest BCUT2D eigenvalue weighted by molar-refractivity contribution is -0.144. The average Bonchev–Trinajstić information content (AvgIpc) is 2.52. The Balaban J connectivity index is 0.00000106. The number of likely N-dealkylation sites (tertiary alicyclic amines) is 1. The summed E-state index contributed by atoms with van der Waals surface area (Å²) < 4.78 is 5.01. The highest BCUT2D eigenvalue weighted by Crippen LogP contribution is 2.22. The Labute approximate surface area is 129 Å². The Bertz CT molecular complexity index is 383. The van der Waals surface area contributed by atoms with Gasteiger partial charge in [-0.05, 0) is 44.3 Å². The molecule has 0 N–H and O–H groups in total. The minimum absolute atomic E-state index is 0.0380. The summed E-state index contributed by atoms with van der Waals surface area (Å²) in [6.45, 7) is 9.54. The molecule has 1 aromatic carbocycles. The number of carbonyl (C=O) groups is 1. The van der Waals surface area contributed by atoms with Crippen LogP contribution in [0.1, 0.15) is 45.6 Å². The molecule has 3 heteroatoms. The largest absolute Gasteiger partial charge is 0.466 e. The standard InChI is InChI=1S/C16H23NO2.C2H6/c1-2-19-16(18)12-14-8-10-17(11-9-14)13-15-6-4-3-5-7-15;1-2/h3-7,14H,2,8-13H2,1H3;1-2H3. The molecule has 0 radical (unpaired) electrons. The van der Waals surface area contributed by atoms with Crippen molar-refractivity contribution in [2.24, 2.45) is 5.92 Å². The zero-order valence-corrected chi connectivity index (χ0v) is 13.7. The van der Waals surface area contributed by atoms with Crippen molar-refractivity contribution in [3.8, 4) is 0 Å². The Hall–Kier alpha value is -1.35. The minimum Gasteiger partial charge on any atom is -0.466 e. The molecule has 0 saturated carbocycles. The van der Waals surface area contributed by atoms with Crippen LogP contribution in [0.5, 0.6) is 0 Å². The predicted molar refractivity (Wildman–Crippen MR) is 87.0 cm³/mol. The molecule has 2 rings (SSSR count). The van der Waals surface area contributed by atoms with E-state index in [1.54, 1.807) is 0 Å². The van der Waals surface area contributed by atoms with Gasteiger partial charge in [0.15, 0.2) is 0 Å². The van der Waals surface area contributed by atoms with Crippen LogP contribution in [0.4, 0.5) is 0 Å². The normalized spacial score (nSPS) is 16.0. The summed E-state index contributed by atoms with van der Waals surface area (Å²) in [5, 5.41) is 0. The van der Waals surface area contributed by atoms with Gasteiger partial charge in [0, 0.05) is 13.0 Å². The maximum absolute atomic E-state index is 11.4. The highest BCUT2D eigenvalue weighted by atomic mass is 16.5. The zero-order valence-electron chi connectivity index (χ0n) is 13.7. The van der Waals surface area contributed by atoms with Gasteiger partial charge >= 0.3 is 5.97 Å². The average molecular weight is 291 g/mol. The molecule has 1 heterocycles. The topological polar surface area (TPSA) is 29.5 Å². The fourth-order valence-corrected chi connectivity index (χ4v) is 2.65. The van der Waals surface area contributed by atoms with E-state index in [4.69, 9.17) is 4.74 Å². The SMILES string of the molecule is CC.CCOC(=O)CC1CCN(Cc2ccccc2)CC1. The summed E-state index contributed by atoms with van der Waals surface area (Å²) >= 11 is 0. The number of benzene rings is 1. The van der Waals surface area contributed by atoms with Gasteiger partial charge in [-0.2, -0.15) is 0 Å². The Morgan fingerprint density at radius 3 is 2.38 bits per heavy atom. The summed E-state index contributed by atoms with van der Waals surface area (Å²) in [5.41, 5.74) is 1.37. The van der Waals surface area contributed by atoms with Gasteiger partial charge in [-0.25, -0.2) is 0 Å². The molecule has 1 saturated heterocycles. The van der Waals surface area contributed by atoms with Crippen LogP contribution in [0.25, 0.3) is 0 Å². The van der Waals surface area contributed by atoms with E-state index < -0.39 is 0 Å². The summed E-state index contributed by atoms with van der Waals surface area (Å²) in [6, 6.07) is 10.6. The molecule has 0 amide bonds. The summed E-state index contributed by atoms with van der Waals surface area (Å²) in [5.74, 6) is 0.468. The number of carbonyl (C=O) groups excluding carboxylic acids is 1. The fraction of sp³-hybridized carbons (Fsp3) is 0.611. The number of piperidine rings is 1. The molecular weight excluding hydrogens is 262 g/mol. The van der Waals surface area contributed by atoms with Crippen molar-refractivity contribution in [3.63, 3.8) is 0 Å². The molecule has 0 bridgehead atoms. The van der Waals surface area contributed by atoms with Crippen LogP contribution < -0.4 is 0 Å². The lowest BCUT2D eigenvalue weighted by atomic mass is 9.93. The van der Waals surface area contributed by atoms with Crippen molar-refractivity contribution in [2.45, 2.75) is 46.6 Å². The fourth-order valence-electron chi connectivity index (χ4n) is 2.65. The van der Waals surface area contributed by atoms with Crippen molar-refractivity contribution in [1.82, 2.24) is 4.90 Å². The van der Waals surface area contributed by atoms with Crippen LogP contribution in [-0.2, 0) is 16.1 Å². The van der Waals surface area contributed by atoms with Gasteiger partial charge in [0.1, 0.15) is 0 Å². The van der Waals surface area contributed by atoms with Crippen molar-refractivity contribution in [3.05, 3.63) is 35.9 Å². The smallest absolute Gasteiger partial charge is 0.306 e. The molecular formula is C18H29NO2. The summed E-state index contributed by atoms with van der Waals surface area (Å²) in [6.07, 6.45) is 2.80. The number of hydrogen-bond donors (Lipinski definition) is 0. The first-order chi connectivity index (χ1) is 10.3. The third-order valence-corrected chi connectivity index (χ3v) is 3.72. The Kier molecular flexibility index (Phi) is 8.76. The van der Waals surface area contributed by atoms with E-state index in [2.05, 4.69) is 35.2 Å². The molecule has 0 aliphatic carbocycles. The molecule has 1 fully saturated rings. The molecule has 0 aromatic heterocycles. The highest BCUT2D eigenvalue weighted by molar-refractivity contribution is 5.69. The van der Waals surface area contributed by atoms with Gasteiger partial charge in [0.25, 0.3) is 0 Å². The Morgan fingerprint density at radius 2 is 1.81 bits per heavy atom. The van der Waals surface area contributed by atoms with E-state index in [0.717, 1.165) is 32.5 Å². The highest BCUT2D eigenvalue weighted by Gasteiger charge is 2.21. The first-order valence-corrected chi connectivity index (χ1v) is 8.20. The van der Waals surface area contributed by atoms with E-state index in [9.17, 15) is 4.79 Å². The summed E-state index contributed by atoms with van der Waals surface area (Å²) in [7, 11) is 0. The molecule has 0 unspecified atom stereocenters. The monoisotopic (exact) mass is 291 g/mol. The second-order valence-electron chi connectivity index (χ2n) is 5.21. The first kappa shape index (κ1) is 17.7. The number of nitrogens with zero attached hydrogens (tertiary/aromatic N) is 1. The van der Waals surface area contributed by atoms with Gasteiger partial charge in [-0.3, -0.25) is 9.69 Å². The predicted octanol–water partition coefficient (Wildman–Crippen LogP) is 3.88. The maximum atomic E-state index is 11.4. The maximum Gasteiger partial charge on any atom is 0.306 e. The van der Waals surface area contributed by atoms with E-state index in [0.29, 0.717) is 18.9 Å². The van der Waals surface area contributed by atoms with Gasteiger partial charge in [0.05, 0.1) is 6.61 Å². The minimum atomic E-state index is -0.0380. The number of ether oxygens (including phenoxy) is 1. The molecule has 21 heavy (non-hydrogen) atoms. The van der Waals surface area contributed by atoms with Crippen molar-refractivity contribution < 1.29 is 9.53 Å². The number of esters is 1.